The van der Waals surface area contributed by atoms with Crippen LogP contribution in [0.1, 0.15) is 59.8 Å². The zero-order chi connectivity index (χ0) is 11.3. The Labute approximate surface area is 95.5 Å². The highest BCUT2D eigenvalue weighted by Gasteiger charge is 2.08. The van der Waals surface area contributed by atoms with Gasteiger partial charge in [-0.25, -0.2) is 0 Å². The van der Waals surface area contributed by atoms with E-state index in [0.29, 0.717) is 0 Å². The van der Waals surface area contributed by atoms with Crippen molar-refractivity contribution in [2.75, 3.05) is 0 Å². The van der Waals surface area contributed by atoms with Crippen molar-refractivity contribution in [1.29, 1.82) is 0 Å². The summed E-state index contributed by atoms with van der Waals surface area (Å²) in [5, 5.41) is 0. The second-order valence-corrected chi connectivity index (χ2v) is 5.19. The Morgan fingerprint density at radius 2 is 2.27 bits per heavy atom. The molecule has 0 radical (unpaired) electrons. The first kappa shape index (κ1) is 12.5. The van der Waals surface area contributed by atoms with E-state index < -0.39 is 0 Å². The summed E-state index contributed by atoms with van der Waals surface area (Å²) in [7, 11) is 0. The van der Waals surface area contributed by atoms with Crippen molar-refractivity contribution in [3.8, 4) is 0 Å². The van der Waals surface area contributed by atoms with Crippen molar-refractivity contribution < 1.29 is 0 Å². The van der Waals surface area contributed by atoms with Crippen molar-refractivity contribution in [2.24, 2.45) is 5.92 Å². The summed E-state index contributed by atoms with van der Waals surface area (Å²) < 4.78 is 0. The van der Waals surface area contributed by atoms with Crippen molar-refractivity contribution in [2.45, 2.75) is 59.8 Å². The average Bonchev–Trinajstić information content (AvgIpc) is 2.18. The zero-order valence-corrected chi connectivity index (χ0v) is 10.8. The maximum Gasteiger partial charge on any atom is -0.0345 e. The molecule has 15 heavy (non-hydrogen) atoms. The maximum absolute atomic E-state index is 2.43. The fourth-order valence-electron chi connectivity index (χ4n) is 2.21. The predicted molar refractivity (Wildman–Crippen MR) is 68.7 cm³/mol. The molecule has 0 heteroatoms. The molecule has 0 fully saturated rings. The van der Waals surface area contributed by atoms with Gasteiger partial charge in [0, 0.05) is 0 Å². The van der Waals surface area contributed by atoms with Gasteiger partial charge in [0.1, 0.15) is 0 Å². The van der Waals surface area contributed by atoms with Crippen LogP contribution in [0.5, 0.6) is 0 Å². The highest BCUT2D eigenvalue weighted by atomic mass is 14.2. The molecule has 1 rings (SSSR count). The molecule has 0 aromatic carbocycles. The molecule has 0 spiro atoms. The number of rotatable bonds is 4. The molecule has 0 N–H and O–H groups in total. The molecule has 86 valence electrons. The molecule has 0 heterocycles. The summed E-state index contributed by atoms with van der Waals surface area (Å²) >= 11 is 0. The Morgan fingerprint density at radius 1 is 1.53 bits per heavy atom. The Kier molecular flexibility index (Phi) is 5.14. The summed E-state index contributed by atoms with van der Waals surface area (Å²) in [6.07, 6.45) is 11.3. The first-order chi connectivity index (χ1) is 7.09. The Bertz CT molecular complexity index is 241. The lowest BCUT2D eigenvalue weighted by atomic mass is 9.80. The van der Waals surface area contributed by atoms with Gasteiger partial charge in [0.05, 0.1) is 0 Å². The summed E-state index contributed by atoms with van der Waals surface area (Å²) in [6, 6.07) is 0. The van der Waals surface area contributed by atoms with Crippen molar-refractivity contribution in [3.63, 3.8) is 0 Å². The zero-order valence-electron chi connectivity index (χ0n) is 10.8. The van der Waals surface area contributed by atoms with Crippen molar-refractivity contribution in [3.05, 3.63) is 29.2 Å². The molecule has 1 atom stereocenters. The van der Waals surface area contributed by atoms with Crippen LogP contribution in [-0.2, 0) is 0 Å². The number of hydrogen-bond acceptors (Lipinski definition) is 0. The standard InChI is InChI=1S/C15H25/c1-12(2)6-5-7-14(4)15-10-8-13(3)9-11-15/h6,8,15H,5,7,9-11H2,1-4H3/q-1. The van der Waals surface area contributed by atoms with Crippen LogP contribution in [0.3, 0.4) is 0 Å². The lowest BCUT2D eigenvalue weighted by molar-refractivity contribution is 0.463. The molecule has 0 aromatic heterocycles. The van der Waals surface area contributed by atoms with Crippen molar-refractivity contribution in [1.82, 2.24) is 0 Å². The van der Waals surface area contributed by atoms with Gasteiger partial charge in [-0.15, -0.1) is 0 Å². The van der Waals surface area contributed by atoms with Crippen LogP contribution in [0, 0.1) is 11.8 Å². The lowest BCUT2D eigenvalue weighted by Crippen LogP contribution is -2.12. The first-order valence-electron chi connectivity index (χ1n) is 6.21. The van der Waals surface area contributed by atoms with E-state index in [1.54, 1.807) is 11.5 Å². The fourth-order valence-corrected chi connectivity index (χ4v) is 2.21. The lowest BCUT2D eigenvalue weighted by Gasteiger charge is -2.37. The summed E-state index contributed by atoms with van der Waals surface area (Å²) in [6.45, 7) is 8.97. The van der Waals surface area contributed by atoms with E-state index >= 15 is 0 Å². The van der Waals surface area contributed by atoms with E-state index in [4.69, 9.17) is 0 Å². The normalized spacial score (nSPS) is 21.4. The third-order valence-corrected chi connectivity index (χ3v) is 3.43. The molecule has 0 amide bonds. The summed E-state index contributed by atoms with van der Waals surface area (Å²) in [5.41, 5.74) is 3.03. The molecule has 0 saturated carbocycles. The van der Waals surface area contributed by atoms with Crippen LogP contribution in [0.2, 0.25) is 0 Å². The van der Waals surface area contributed by atoms with Gasteiger partial charge < -0.3 is 5.92 Å². The van der Waals surface area contributed by atoms with Gasteiger partial charge in [0.25, 0.3) is 0 Å². The van der Waals surface area contributed by atoms with E-state index in [9.17, 15) is 0 Å². The summed E-state index contributed by atoms with van der Waals surface area (Å²) in [4.78, 5) is 0. The van der Waals surface area contributed by atoms with E-state index in [2.05, 4.69) is 39.8 Å². The van der Waals surface area contributed by atoms with Crippen LogP contribution in [-0.4, -0.2) is 0 Å². The van der Waals surface area contributed by atoms with Crippen molar-refractivity contribution >= 4 is 0 Å². The SMILES string of the molecule is CC(C)=CCC[C-](C)C1CC=C(C)CC1. The minimum absolute atomic E-state index is 0.860. The van der Waals surface area contributed by atoms with Crippen LogP contribution < -0.4 is 0 Å². The predicted octanol–water partition coefficient (Wildman–Crippen LogP) is 5.07. The first-order valence-corrected chi connectivity index (χ1v) is 6.21. The molecular formula is C15H25-. The minimum Gasteiger partial charge on any atom is -0.313 e. The van der Waals surface area contributed by atoms with Gasteiger partial charge in [0.15, 0.2) is 0 Å². The average molecular weight is 205 g/mol. The third-order valence-electron chi connectivity index (χ3n) is 3.43. The van der Waals surface area contributed by atoms with Gasteiger partial charge in [-0.05, 0) is 27.2 Å². The fraction of sp³-hybridized carbons (Fsp3) is 0.667. The highest BCUT2D eigenvalue weighted by Crippen LogP contribution is 2.32. The van der Waals surface area contributed by atoms with Gasteiger partial charge in [-0.3, -0.25) is 0 Å². The largest absolute Gasteiger partial charge is 0.313 e. The molecular weight excluding hydrogens is 180 g/mol. The van der Waals surface area contributed by atoms with Crippen LogP contribution in [0.25, 0.3) is 0 Å². The molecule has 0 aromatic rings. The smallest absolute Gasteiger partial charge is 0.0345 e. The molecule has 1 aliphatic rings. The van der Waals surface area contributed by atoms with Gasteiger partial charge in [-0.1, -0.05) is 42.6 Å². The maximum atomic E-state index is 2.43. The minimum atomic E-state index is 0.860. The molecule has 0 aliphatic heterocycles. The molecule has 1 aliphatic carbocycles. The van der Waals surface area contributed by atoms with Crippen LogP contribution in [0.15, 0.2) is 23.3 Å². The number of hydrogen-bond donors (Lipinski definition) is 0. The topological polar surface area (TPSA) is 0 Å². The van der Waals surface area contributed by atoms with Gasteiger partial charge in [0.2, 0.25) is 0 Å². The van der Waals surface area contributed by atoms with Gasteiger partial charge >= 0.3 is 0 Å². The Balaban J connectivity index is 2.29. The van der Waals surface area contributed by atoms with E-state index in [-0.39, 0.29) is 0 Å². The van der Waals surface area contributed by atoms with E-state index in [1.807, 2.05) is 0 Å². The Hall–Kier alpha value is -0.520. The third kappa shape index (κ3) is 4.68. The highest BCUT2D eigenvalue weighted by molar-refractivity contribution is 5.08. The molecule has 0 nitrogen and oxygen atoms in total. The Morgan fingerprint density at radius 3 is 2.80 bits per heavy atom. The second-order valence-electron chi connectivity index (χ2n) is 5.19. The molecule has 1 unspecified atom stereocenters. The molecule has 0 saturated heterocycles. The van der Waals surface area contributed by atoms with Crippen LogP contribution in [0.4, 0.5) is 0 Å². The second kappa shape index (κ2) is 6.15. The quantitative estimate of drug-likeness (QED) is 0.444. The number of allylic oxidation sites excluding steroid dienone is 4. The van der Waals surface area contributed by atoms with E-state index in [0.717, 1.165) is 5.92 Å². The van der Waals surface area contributed by atoms with Crippen LogP contribution >= 0.6 is 0 Å². The monoisotopic (exact) mass is 205 g/mol. The van der Waals surface area contributed by atoms with E-state index in [1.165, 1.54) is 37.7 Å². The molecule has 0 bridgehead atoms. The summed E-state index contributed by atoms with van der Waals surface area (Å²) in [5.74, 6) is 2.57. The van der Waals surface area contributed by atoms with Gasteiger partial charge in [-0.2, -0.15) is 19.3 Å².